The lowest BCUT2D eigenvalue weighted by Gasteiger charge is -2.23. The van der Waals surface area contributed by atoms with Crippen LogP contribution in [0.25, 0.3) is 0 Å². The topological polar surface area (TPSA) is 81.2 Å². The second kappa shape index (κ2) is 3.21. The van der Waals surface area contributed by atoms with Crippen LogP contribution in [0.15, 0.2) is 0 Å². The summed E-state index contributed by atoms with van der Waals surface area (Å²) in [5.74, 6) is 0.554. The van der Waals surface area contributed by atoms with E-state index >= 15 is 0 Å². The van der Waals surface area contributed by atoms with Crippen molar-refractivity contribution in [2.75, 3.05) is 18.5 Å². The van der Waals surface area contributed by atoms with Gasteiger partial charge in [-0.1, -0.05) is 0 Å². The quantitative estimate of drug-likeness (QED) is 0.693. The first kappa shape index (κ1) is 10.4. The van der Waals surface area contributed by atoms with Gasteiger partial charge in [-0.3, -0.25) is 4.68 Å². The largest absolute Gasteiger partial charge is 0.384 e. The van der Waals surface area contributed by atoms with Crippen molar-refractivity contribution in [1.29, 1.82) is 0 Å². The molecule has 15 heavy (non-hydrogen) atoms. The van der Waals surface area contributed by atoms with E-state index in [2.05, 4.69) is 5.10 Å². The normalized spacial score (nSPS) is 17.7. The maximum absolute atomic E-state index is 11.4. The molecule has 2 rings (SSSR count). The second-order valence-corrected chi connectivity index (χ2v) is 5.76. The maximum Gasteiger partial charge on any atom is 0.211 e. The predicted molar refractivity (Wildman–Crippen MR) is 56.6 cm³/mol. The molecule has 0 fully saturated rings. The minimum absolute atomic E-state index is 0.341. The van der Waals surface area contributed by atoms with Crippen LogP contribution in [0, 0.1) is 0 Å². The van der Waals surface area contributed by atoms with E-state index in [4.69, 9.17) is 5.73 Å². The Balaban J connectivity index is 2.38. The Morgan fingerprint density at radius 2 is 2.13 bits per heavy atom. The summed E-state index contributed by atoms with van der Waals surface area (Å²) in [7, 11) is -1.37. The SMILES string of the molecule is Cn1nc2c(c1N)CN(S(C)(=O)=O)CC2. The molecule has 0 bridgehead atoms. The highest BCUT2D eigenvalue weighted by atomic mass is 32.2. The summed E-state index contributed by atoms with van der Waals surface area (Å²) in [5, 5.41) is 4.24. The zero-order valence-corrected chi connectivity index (χ0v) is 9.58. The summed E-state index contributed by atoms with van der Waals surface area (Å²) < 4.78 is 25.8. The number of nitrogens with zero attached hydrogens (tertiary/aromatic N) is 3. The molecule has 1 aliphatic rings. The number of nitrogens with two attached hydrogens (primary N) is 1. The fourth-order valence-electron chi connectivity index (χ4n) is 1.78. The molecule has 0 atom stereocenters. The van der Waals surface area contributed by atoms with Gasteiger partial charge in [0.15, 0.2) is 0 Å². The number of fused-ring (bicyclic) bond motifs is 1. The first-order valence-corrected chi connectivity index (χ1v) is 6.50. The third kappa shape index (κ3) is 1.72. The number of nitrogen functional groups attached to an aromatic ring is 1. The number of hydrogen-bond acceptors (Lipinski definition) is 4. The Morgan fingerprint density at radius 3 is 2.73 bits per heavy atom. The van der Waals surface area contributed by atoms with E-state index in [-0.39, 0.29) is 0 Å². The van der Waals surface area contributed by atoms with Crippen molar-refractivity contribution < 1.29 is 8.42 Å². The monoisotopic (exact) mass is 230 g/mol. The second-order valence-electron chi connectivity index (χ2n) is 3.78. The van der Waals surface area contributed by atoms with Crippen LogP contribution in [0.2, 0.25) is 0 Å². The van der Waals surface area contributed by atoms with Gasteiger partial charge in [-0.15, -0.1) is 0 Å². The summed E-state index contributed by atoms with van der Waals surface area (Å²) in [6, 6.07) is 0. The van der Waals surface area contributed by atoms with Crippen molar-refractivity contribution in [3.8, 4) is 0 Å². The molecule has 0 saturated heterocycles. The highest BCUT2D eigenvalue weighted by Crippen LogP contribution is 2.24. The van der Waals surface area contributed by atoms with Crippen molar-refractivity contribution in [1.82, 2.24) is 14.1 Å². The molecule has 6 nitrogen and oxygen atoms in total. The van der Waals surface area contributed by atoms with E-state index in [1.54, 1.807) is 11.7 Å². The van der Waals surface area contributed by atoms with Crippen LogP contribution < -0.4 is 5.73 Å². The van der Waals surface area contributed by atoms with Crippen molar-refractivity contribution >= 4 is 15.8 Å². The number of rotatable bonds is 1. The molecule has 0 amide bonds. The van der Waals surface area contributed by atoms with E-state index in [0.29, 0.717) is 25.3 Å². The van der Waals surface area contributed by atoms with Gasteiger partial charge in [0, 0.05) is 32.1 Å². The molecule has 1 aromatic heterocycles. The first-order valence-electron chi connectivity index (χ1n) is 4.65. The molecular weight excluding hydrogens is 216 g/mol. The smallest absolute Gasteiger partial charge is 0.211 e. The molecule has 0 aromatic carbocycles. The minimum atomic E-state index is -3.14. The number of sulfonamides is 1. The Labute approximate surface area is 88.7 Å². The lowest BCUT2D eigenvalue weighted by atomic mass is 10.1. The molecule has 0 unspecified atom stereocenters. The molecular formula is C8H14N4O2S. The van der Waals surface area contributed by atoms with E-state index in [1.807, 2.05) is 0 Å². The molecule has 0 saturated carbocycles. The molecule has 0 radical (unpaired) electrons. The van der Waals surface area contributed by atoms with Crippen molar-refractivity contribution in [3.05, 3.63) is 11.3 Å². The molecule has 7 heteroatoms. The zero-order valence-electron chi connectivity index (χ0n) is 8.77. The predicted octanol–water partition coefficient (Wildman–Crippen LogP) is -0.680. The van der Waals surface area contributed by atoms with Gasteiger partial charge in [-0.2, -0.15) is 9.40 Å². The Kier molecular flexibility index (Phi) is 2.23. The van der Waals surface area contributed by atoms with Crippen LogP contribution in [-0.4, -0.2) is 35.3 Å². The summed E-state index contributed by atoms with van der Waals surface area (Å²) in [6.07, 6.45) is 1.85. The average Bonchev–Trinajstić information content (AvgIpc) is 2.41. The van der Waals surface area contributed by atoms with Gasteiger partial charge in [0.25, 0.3) is 0 Å². The Morgan fingerprint density at radius 1 is 1.47 bits per heavy atom. The van der Waals surface area contributed by atoms with Crippen LogP contribution in [0.1, 0.15) is 11.3 Å². The fraction of sp³-hybridized carbons (Fsp3) is 0.625. The molecule has 0 spiro atoms. The third-order valence-electron chi connectivity index (χ3n) is 2.68. The maximum atomic E-state index is 11.4. The van der Waals surface area contributed by atoms with Gasteiger partial charge >= 0.3 is 0 Å². The number of anilines is 1. The van der Waals surface area contributed by atoms with Crippen LogP contribution >= 0.6 is 0 Å². The van der Waals surface area contributed by atoms with Crippen molar-refractivity contribution in [2.24, 2.45) is 7.05 Å². The molecule has 2 heterocycles. The summed E-state index contributed by atoms with van der Waals surface area (Å²) in [4.78, 5) is 0. The van der Waals surface area contributed by atoms with Gasteiger partial charge in [0.05, 0.1) is 11.9 Å². The highest BCUT2D eigenvalue weighted by Gasteiger charge is 2.27. The van der Waals surface area contributed by atoms with E-state index in [9.17, 15) is 8.42 Å². The number of aromatic nitrogens is 2. The van der Waals surface area contributed by atoms with E-state index in [0.717, 1.165) is 11.3 Å². The highest BCUT2D eigenvalue weighted by molar-refractivity contribution is 7.88. The Hall–Kier alpha value is -1.08. The molecule has 0 aliphatic carbocycles. The molecule has 1 aromatic rings. The zero-order chi connectivity index (χ0) is 11.2. The standard InChI is InChI=1S/C8H14N4O2S/c1-11-8(9)6-5-12(15(2,13)14)4-3-7(6)10-11/h3-5,9H2,1-2H3. The van der Waals surface area contributed by atoms with Crippen LogP contribution in [0.4, 0.5) is 5.82 Å². The van der Waals surface area contributed by atoms with Gasteiger partial charge < -0.3 is 5.73 Å². The van der Waals surface area contributed by atoms with E-state index < -0.39 is 10.0 Å². The minimum Gasteiger partial charge on any atom is -0.384 e. The van der Waals surface area contributed by atoms with Crippen molar-refractivity contribution in [2.45, 2.75) is 13.0 Å². The van der Waals surface area contributed by atoms with Gasteiger partial charge in [-0.05, 0) is 0 Å². The molecule has 2 N–H and O–H groups in total. The average molecular weight is 230 g/mol. The summed E-state index contributed by atoms with van der Waals surface area (Å²) in [5.41, 5.74) is 7.56. The van der Waals surface area contributed by atoms with Gasteiger partial charge in [-0.25, -0.2) is 8.42 Å². The van der Waals surface area contributed by atoms with Crippen LogP contribution in [0.3, 0.4) is 0 Å². The first-order chi connectivity index (χ1) is 6.89. The number of hydrogen-bond donors (Lipinski definition) is 1. The Bertz CT molecular complexity index is 491. The van der Waals surface area contributed by atoms with Gasteiger partial charge in [0.2, 0.25) is 10.0 Å². The molecule has 1 aliphatic heterocycles. The lowest BCUT2D eigenvalue weighted by Crippen LogP contribution is -2.35. The summed E-state index contributed by atoms with van der Waals surface area (Å²) >= 11 is 0. The van der Waals surface area contributed by atoms with Crippen LogP contribution in [0.5, 0.6) is 0 Å². The lowest BCUT2D eigenvalue weighted by molar-refractivity contribution is 0.394. The molecule has 84 valence electrons. The third-order valence-corrected chi connectivity index (χ3v) is 3.93. The van der Waals surface area contributed by atoms with Gasteiger partial charge in [0.1, 0.15) is 5.82 Å². The van der Waals surface area contributed by atoms with Crippen LogP contribution in [-0.2, 0) is 30.0 Å². The van der Waals surface area contributed by atoms with Crippen molar-refractivity contribution in [3.63, 3.8) is 0 Å². The summed E-state index contributed by atoms with van der Waals surface area (Å²) in [6.45, 7) is 0.829. The number of aryl methyl sites for hydroxylation is 1. The van der Waals surface area contributed by atoms with E-state index in [1.165, 1.54) is 10.6 Å². The fourth-order valence-corrected chi connectivity index (χ4v) is 2.57.